The standard InChI is InChI=1S/C15H23NO2/c1-11(2)16-10-15(7-8-15)13-6-5-12(17-3)9-14(13)18-4/h5-6,9,11,16H,7-8,10H2,1-4H3. The lowest BCUT2D eigenvalue weighted by molar-refractivity contribution is 0.385. The average Bonchev–Trinajstić information content (AvgIpc) is 3.16. The van der Waals surface area contributed by atoms with Crippen LogP contribution >= 0.6 is 0 Å². The van der Waals surface area contributed by atoms with Crippen molar-refractivity contribution >= 4 is 0 Å². The Morgan fingerprint density at radius 3 is 2.44 bits per heavy atom. The molecule has 1 N–H and O–H groups in total. The maximum Gasteiger partial charge on any atom is 0.126 e. The van der Waals surface area contributed by atoms with Crippen molar-refractivity contribution in [2.45, 2.75) is 38.1 Å². The maximum absolute atomic E-state index is 5.51. The quantitative estimate of drug-likeness (QED) is 0.841. The van der Waals surface area contributed by atoms with Gasteiger partial charge in [-0.1, -0.05) is 19.9 Å². The molecule has 3 nitrogen and oxygen atoms in total. The Bertz CT molecular complexity index is 411. The van der Waals surface area contributed by atoms with Gasteiger partial charge < -0.3 is 14.8 Å². The van der Waals surface area contributed by atoms with E-state index in [-0.39, 0.29) is 5.41 Å². The number of hydrogen-bond acceptors (Lipinski definition) is 3. The van der Waals surface area contributed by atoms with Crippen LogP contribution in [-0.2, 0) is 5.41 Å². The fourth-order valence-electron chi connectivity index (χ4n) is 2.33. The van der Waals surface area contributed by atoms with Gasteiger partial charge in [0.2, 0.25) is 0 Å². The van der Waals surface area contributed by atoms with Crippen LogP contribution in [0.25, 0.3) is 0 Å². The monoisotopic (exact) mass is 249 g/mol. The highest BCUT2D eigenvalue weighted by atomic mass is 16.5. The van der Waals surface area contributed by atoms with E-state index < -0.39 is 0 Å². The number of nitrogens with one attached hydrogen (secondary N) is 1. The third kappa shape index (κ3) is 2.61. The summed E-state index contributed by atoms with van der Waals surface area (Å²) in [6.45, 7) is 5.38. The summed E-state index contributed by atoms with van der Waals surface area (Å²) in [4.78, 5) is 0. The molecule has 0 radical (unpaired) electrons. The van der Waals surface area contributed by atoms with Crippen LogP contribution in [0.1, 0.15) is 32.3 Å². The molecule has 100 valence electrons. The second-order valence-electron chi connectivity index (χ2n) is 5.38. The summed E-state index contributed by atoms with van der Waals surface area (Å²) in [7, 11) is 3.41. The Balaban J connectivity index is 2.21. The first kappa shape index (κ1) is 13.2. The van der Waals surface area contributed by atoms with Gasteiger partial charge in [0.25, 0.3) is 0 Å². The molecule has 0 spiro atoms. The molecule has 0 saturated heterocycles. The first-order chi connectivity index (χ1) is 8.61. The Labute approximate surface area is 109 Å². The third-order valence-electron chi connectivity index (χ3n) is 3.68. The number of rotatable bonds is 6. The lowest BCUT2D eigenvalue weighted by Gasteiger charge is -2.21. The summed E-state index contributed by atoms with van der Waals surface area (Å²) < 4.78 is 10.8. The van der Waals surface area contributed by atoms with Crippen LogP contribution in [0.3, 0.4) is 0 Å². The Morgan fingerprint density at radius 2 is 1.94 bits per heavy atom. The van der Waals surface area contributed by atoms with Crippen molar-refractivity contribution in [3.05, 3.63) is 23.8 Å². The summed E-state index contributed by atoms with van der Waals surface area (Å²) in [5.74, 6) is 1.79. The number of hydrogen-bond donors (Lipinski definition) is 1. The van der Waals surface area contributed by atoms with E-state index in [2.05, 4.69) is 25.2 Å². The first-order valence-corrected chi connectivity index (χ1v) is 6.57. The normalized spacial score (nSPS) is 16.7. The molecular formula is C15H23NO2. The van der Waals surface area contributed by atoms with Crippen molar-refractivity contribution < 1.29 is 9.47 Å². The zero-order valence-corrected chi connectivity index (χ0v) is 11.7. The molecule has 1 saturated carbocycles. The summed E-state index contributed by atoms with van der Waals surface area (Å²) in [5.41, 5.74) is 1.57. The van der Waals surface area contributed by atoms with Crippen LogP contribution in [0.15, 0.2) is 18.2 Å². The molecule has 0 unspecified atom stereocenters. The van der Waals surface area contributed by atoms with Gasteiger partial charge in [-0.05, 0) is 18.9 Å². The van der Waals surface area contributed by atoms with Gasteiger partial charge in [-0.25, -0.2) is 0 Å². The molecule has 1 aromatic rings. The molecule has 1 aliphatic rings. The summed E-state index contributed by atoms with van der Waals surface area (Å²) in [5, 5.41) is 3.54. The van der Waals surface area contributed by atoms with Gasteiger partial charge >= 0.3 is 0 Å². The molecule has 1 aromatic carbocycles. The largest absolute Gasteiger partial charge is 0.497 e. The van der Waals surface area contributed by atoms with E-state index >= 15 is 0 Å². The molecule has 0 aromatic heterocycles. The minimum atomic E-state index is 0.266. The van der Waals surface area contributed by atoms with Gasteiger partial charge in [0.05, 0.1) is 14.2 Å². The zero-order valence-electron chi connectivity index (χ0n) is 11.7. The molecule has 0 heterocycles. The Kier molecular flexibility index (Phi) is 3.81. The lowest BCUT2D eigenvalue weighted by atomic mass is 9.94. The summed E-state index contributed by atoms with van der Waals surface area (Å²) in [6.07, 6.45) is 2.46. The molecule has 0 atom stereocenters. The molecule has 0 amide bonds. The molecule has 1 fully saturated rings. The SMILES string of the molecule is COc1ccc(C2(CNC(C)C)CC2)c(OC)c1. The number of ether oxygens (including phenoxy) is 2. The third-order valence-corrected chi connectivity index (χ3v) is 3.68. The highest BCUT2D eigenvalue weighted by Crippen LogP contribution is 2.51. The molecule has 0 aliphatic heterocycles. The summed E-state index contributed by atoms with van der Waals surface area (Å²) in [6, 6.07) is 6.66. The van der Waals surface area contributed by atoms with Gasteiger partial charge in [0.15, 0.2) is 0 Å². The van der Waals surface area contributed by atoms with Crippen LogP contribution in [0.5, 0.6) is 11.5 Å². The highest BCUT2D eigenvalue weighted by molar-refractivity contribution is 5.47. The van der Waals surface area contributed by atoms with E-state index in [9.17, 15) is 0 Å². The van der Waals surface area contributed by atoms with Gasteiger partial charge in [0.1, 0.15) is 11.5 Å². The van der Waals surface area contributed by atoms with E-state index in [4.69, 9.17) is 9.47 Å². The fourth-order valence-corrected chi connectivity index (χ4v) is 2.33. The van der Waals surface area contributed by atoms with Crippen LogP contribution < -0.4 is 14.8 Å². The maximum atomic E-state index is 5.51. The van der Waals surface area contributed by atoms with E-state index in [0.717, 1.165) is 18.0 Å². The molecule has 0 bridgehead atoms. The smallest absolute Gasteiger partial charge is 0.126 e. The van der Waals surface area contributed by atoms with Crippen molar-refractivity contribution in [2.24, 2.45) is 0 Å². The summed E-state index contributed by atoms with van der Waals surface area (Å²) >= 11 is 0. The van der Waals surface area contributed by atoms with E-state index in [1.165, 1.54) is 18.4 Å². The lowest BCUT2D eigenvalue weighted by Crippen LogP contribution is -2.32. The van der Waals surface area contributed by atoms with Crippen molar-refractivity contribution in [1.29, 1.82) is 0 Å². The number of methoxy groups -OCH3 is 2. The van der Waals surface area contributed by atoms with E-state index in [0.29, 0.717) is 6.04 Å². The minimum absolute atomic E-state index is 0.266. The van der Waals surface area contributed by atoms with Crippen LogP contribution in [0.4, 0.5) is 0 Å². The van der Waals surface area contributed by atoms with Crippen molar-refractivity contribution in [3.63, 3.8) is 0 Å². The molecule has 3 heteroatoms. The van der Waals surface area contributed by atoms with Gasteiger partial charge in [-0.15, -0.1) is 0 Å². The van der Waals surface area contributed by atoms with Crippen LogP contribution in [0.2, 0.25) is 0 Å². The Morgan fingerprint density at radius 1 is 1.22 bits per heavy atom. The van der Waals surface area contributed by atoms with Gasteiger partial charge in [0, 0.05) is 29.6 Å². The molecular weight excluding hydrogens is 226 g/mol. The van der Waals surface area contributed by atoms with E-state index in [1.54, 1.807) is 14.2 Å². The average molecular weight is 249 g/mol. The predicted octanol–water partition coefficient (Wildman–Crippen LogP) is 2.73. The fraction of sp³-hybridized carbons (Fsp3) is 0.600. The van der Waals surface area contributed by atoms with Crippen molar-refractivity contribution in [2.75, 3.05) is 20.8 Å². The van der Waals surface area contributed by atoms with Gasteiger partial charge in [-0.3, -0.25) is 0 Å². The van der Waals surface area contributed by atoms with Crippen molar-refractivity contribution in [3.8, 4) is 11.5 Å². The van der Waals surface area contributed by atoms with Crippen LogP contribution in [-0.4, -0.2) is 26.8 Å². The molecule has 2 rings (SSSR count). The first-order valence-electron chi connectivity index (χ1n) is 6.57. The Hall–Kier alpha value is -1.22. The highest BCUT2D eigenvalue weighted by Gasteiger charge is 2.45. The topological polar surface area (TPSA) is 30.5 Å². The predicted molar refractivity (Wildman–Crippen MR) is 73.6 cm³/mol. The molecule has 1 aliphatic carbocycles. The minimum Gasteiger partial charge on any atom is -0.497 e. The molecule has 18 heavy (non-hydrogen) atoms. The number of benzene rings is 1. The second-order valence-corrected chi connectivity index (χ2v) is 5.38. The van der Waals surface area contributed by atoms with E-state index in [1.807, 2.05) is 12.1 Å². The van der Waals surface area contributed by atoms with Gasteiger partial charge in [-0.2, -0.15) is 0 Å². The van der Waals surface area contributed by atoms with Crippen LogP contribution in [0, 0.1) is 0 Å². The second kappa shape index (κ2) is 5.19. The zero-order chi connectivity index (χ0) is 13.2. The van der Waals surface area contributed by atoms with Crippen molar-refractivity contribution in [1.82, 2.24) is 5.32 Å².